The number of nitrogens with zero attached hydrogens (tertiary/aromatic N) is 3. The van der Waals surface area contributed by atoms with Crippen molar-refractivity contribution in [1.82, 2.24) is 9.97 Å². The summed E-state index contributed by atoms with van der Waals surface area (Å²) < 4.78 is 0. The molecule has 18 heavy (non-hydrogen) atoms. The molecule has 1 aromatic heterocycles. The highest BCUT2D eigenvalue weighted by Crippen LogP contribution is 2.30. The van der Waals surface area contributed by atoms with Crippen LogP contribution in [0.1, 0.15) is 31.4 Å². The van der Waals surface area contributed by atoms with Crippen LogP contribution in [-0.4, -0.2) is 39.3 Å². The Labute approximate surface area is 112 Å². The van der Waals surface area contributed by atoms with Gasteiger partial charge in [0.05, 0.1) is 5.60 Å². The quantitative estimate of drug-likeness (QED) is 0.787. The van der Waals surface area contributed by atoms with Gasteiger partial charge in [-0.3, -0.25) is 0 Å². The highest BCUT2D eigenvalue weighted by Gasteiger charge is 2.32. The van der Waals surface area contributed by atoms with Crippen molar-refractivity contribution in [2.24, 2.45) is 5.73 Å². The van der Waals surface area contributed by atoms with Crippen molar-refractivity contribution in [2.75, 3.05) is 18.5 Å². The first-order valence-corrected chi connectivity index (χ1v) is 6.47. The maximum atomic E-state index is 10.4. The van der Waals surface area contributed by atoms with Crippen LogP contribution in [0.15, 0.2) is 12.3 Å². The van der Waals surface area contributed by atoms with Gasteiger partial charge in [0.15, 0.2) is 0 Å². The van der Waals surface area contributed by atoms with E-state index in [1.165, 1.54) is 0 Å². The topological polar surface area (TPSA) is 75.3 Å². The first-order chi connectivity index (χ1) is 8.50. The van der Waals surface area contributed by atoms with E-state index in [4.69, 9.17) is 18.0 Å². The first kappa shape index (κ1) is 13.2. The summed E-state index contributed by atoms with van der Waals surface area (Å²) in [4.78, 5) is 10.6. The summed E-state index contributed by atoms with van der Waals surface area (Å²) in [5.41, 5.74) is 5.49. The number of rotatable bonds is 4. The van der Waals surface area contributed by atoms with E-state index in [0.29, 0.717) is 18.2 Å². The molecule has 2 rings (SSSR count). The molecule has 1 aromatic rings. The number of thiocarbonyl (C=S) groups is 1. The van der Waals surface area contributed by atoms with Crippen LogP contribution in [0.2, 0.25) is 0 Å². The van der Waals surface area contributed by atoms with Gasteiger partial charge in [-0.2, -0.15) is 0 Å². The molecule has 1 aliphatic rings. The third-order valence-corrected chi connectivity index (χ3v) is 3.51. The fraction of sp³-hybridized carbons (Fsp3) is 0.583. The molecule has 0 spiro atoms. The van der Waals surface area contributed by atoms with Crippen molar-refractivity contribution in [2.45, 2.75) is 31.3 Å². The van der Waals surface area contributed by atoms with Crippen LogP contribution in [0.5, 0.6) is 0 Å². The van der Waals surface area contributed by atoms with Crippen molar-refractivity contribution in [3.63, 3.8) is 0 Å². The molecule has 0 aromatic carbocycles. The van der Waals surface area contributed by atoms with Gasteiger partial charge in [0.25, 0.3) is 0 Å². The Morgan fingerprint density at radius 3 is 2.83 bits per heavy atom. The van der Waals surface area contributed by atoms with Crippen molar-refractivity contribution in [3.8, 4) is 0 Å². The molecule has 0 atom stereocenters. The van der Waals surface area contributed by atoms with Gasteiger partial charge in [-0.15, -0.1) is 0 Å². The molecule has 1 aliphatic carbocycles. The van der Waals surface area contributed by atoms with E-state index >= 15 is 0 Å². The Hall–Kier alpha value is -1.27. The lowest BCUT2D eigenvalue weighted by Crippen LogP contribution is -2.40. The third kappa shape index (κ3) is 2.94. The summed E-state index contributed by atoms with van der Waals surface area (Å²) in [7, 11) is 1.87. The van der Waals surface area contributed by atoms with E-state index in [-0.39, 0.29) is 4.99 Å². The van der Waals surface area contributed by atoms with E-state index < -0.39 is 5.60 Å². The SMILES string of the molecule is CN(CC1(O)CCCC1)c1nccc(C(N)=S)n1. The molecule has 3 N–H and O–H groups in total. The number of hydrogen-bond donors (Lipinski definition) is 2. The van der Waals surface area contributed by atoms with Crippen molar-refractivity contribution in [1.29, 1.82) is 0 Å². The lowest BCUT2D eigenvalue weighted by Gasteiger charge is -2.28. The molecular formula is C12H18N4OS. The fourth-order valence-electron chi connectivity index (χ4n) is 2.37. The highest BCUT2D eigenvalue weighted by atomic mass is 32.1. The molecular weight excluding hydrogens is 248 g/mol. The van der Waals surface area contributed by atoms with Crippen LogP contribution >= 0.6 is 12.2 Å². The van der Waals surface area contributed by atoms with Gasteiger partial charge in [0.2, 0.25) is 5.95 Å². The molecule has 0 saturated heterocycles. The Kier molecular flexibility index (Phi) is 3.77. The molecule has 0 unspecified atom stereocenters. The van der Waals surface area contributed by atoms with E-state index in [1.54, 1.807) is 12.3 Å². The van der Waals surface area contributed by atoms with Crippen LogP contribution in [0.25, 0.3) is 0 Å². The molecule has 98 valence electrons. The maximum absolute atomic E-state index is 10.4. The van der Waals surface area contributed by atoms with Crippen LogP contribution in [0.4, 0.5) is 5.95 Å². The van der Waals surface area contributed by atoms with Gasteiger partial charge in [-0.25, -0.2) is 9.97 Å². The Morgan fingerprint density at radius 2 is 2.22 bits per heavy atom. The lowest BCUT2D eigenvalue weighted by molar-refractivity contribution is 0.0556. The van der Waals surface area contributed by atoms with Crippen molar-refractivity contribution in [3.05, 3.63) is 18.0 Å². The summed E-state index contributed by atoms with van der Waals surface area (Å²) in [6.45, 7) is 0.536. The Balaban J connectivity index is 2.10. The van der Waals surface area contributed by atoms with Crippen molar-refractivity contribution < 1.29 is 5.11 Å². The summed E-state index contributed by atoms with van der Waals surface area (Å²) in [5.74, 6) is 0.542. The monoisotopic (exact) mass is 266 g/mol. The zero-order valence-corrected chi connectivity index (χ0v) is 11.3. The Bertz CT molecular complexity index is 445. The van der Waals surface area contributed by atoms with Gasteiger partial charge in [0, 0.05) is 19.8 Å². The minimum absolute atomic E-state index is 0.256. The minimum Gasteiger partial charge on any atom is -0.388 e. The summed E-state index contributed by atoms with van der Waals surface area (Å²) in [6.07, 6.45) is 5.47. The molecule has 5 nitrogen and oxygen atoms in total. The summed E-state index contributed by atoms with van der Waals surface area (Å²) >= 11 is 4.89. The highest BCUT2D eigenvalue weighted by molar-refractivity contribution is 7.80. The van der Waals surface area contributed by atoms with Crippen molar-refractivity contribution >= 4 is 23.2 Å². The number of hydrogen-bond acceptors (Lipinski definition) is 5. The number of aliphatic hydroxyl groups is 1. The van der Waals surface area contributed by atoms with Gasteiger partial charge in [0.1, 0.15) is 10.7 Å². The average Bonchev–Trinajstić information content (AvgIpc) is 2.76. The molecule has 1 fully saturated rings. The smallest absolute Gasteiger partial charge is 0.225 e. The van der Waals surface area contributed by atoms with E-state index in [9.17, 15) is 5.11 Å². The fourth-order valence-corrected chi connectivity index (χ4v) is 2.49. The minimum atomic E-state index is -0.614. The first-order valence-electron chi connectivity index (χ1n) is 6.07. The van der Waals surface area contributed by atoms with Crippen LogP contribution in [-0.2, 0) is 0 Å². The third-order valence-electron chi connectivity index (χ3n) is 3.30. The second-order valence-electron chi connectivity index (χ2n) is 4.89. The zero-order valence-electron chi connectivity index (χ0n) is 10.5. The lowest BCUT2D eigenvalue weighted by atomic mass is 10.0. The van der Waals surface area contributed by atoms with Crippen LogP contribution in [0, 0.1) is 0 Å². The molecule has 0 bridgehead atoms. The number of likely N-dealkylation sites (N-methyl/N-ethyl adjacent to an activating group) is 1. The molecule has 0 aliphatic heterocycles. The second kappa shape index (κ2) is 5.16. The largest absolute Gasteiger partial charge is 0.388 e. The predicted molar refractivity (Wildman–Crippen MR) is 74.6 cm³/mol. The number of anilines is 1. The molecule has 1 saturated carbocycles. The summed E-state index contributed by atoms with van der Waals surface area (Å²) in [5, 5.41) is 10.4. The van der Waals surface area contributed by atoms with Crippen LogP contribution in [0.3, 0.4) is 0 Å². The van der Waals surface area contributed by atoms with Gasteiger partial charge in [-0.1, -0.05) is 25.1 Å². The maximum Gasteiger partial charge on any atom is 0.225 e. The standard InChI is InChI=1S/C12H18N4OS/c1-16(8-12(17)5-2-3-6-12)11-14-7-4-9(15-11)10(13)18/h4,7,17H,2-3,5-6,8H2,1H3,(H2,13,18). The number of nitrogens with two attached hydrogens (primary N) is 1. The molecule has 6 heteroatoms. The molecule has 0 amide bonds. The van der Waals surface area contributed by atoms with E-state index in [2.05, 4.69) is 9.97 Å². The average molecular weight is 266 g/mol. The molecule has 1 heterocycles. The van der Waals surface area contributed by atoms with Crippen LogP contribution < -0.4 is 10.6 Å². The summed E-state index contributed by atoms with van der Waals surface area (Å²) in [6, 6.07) is 1.68. The van der Waals surface area contributed by atoms with Gasteiger partial charge in [-0.05, 0) is 18.9 Å². The second-order valence-corrected chi connectivity index (χ2v) is 5.33. The zero-order chi connectivity index (χ0) is 13.2. The molecule has 0 radical (unpaired) electrons. The van der Waals surface area contributed by atoms with Gasteiger partial charge >= 0.3 is 0 Å². The Morgan fingerprint density at radius 1 is 1.56 bits per heavy atom. The predicted octanol–water partition coefficient (Wildman–Crippen LogP) is 0.852. The van der Waals surface area contributed by atoms with E-state index in [0.717, 1.165) is 25.7 Å². The van der Waals surface area contributed by atoms with E-state index in [1.807, 2.05) is 11.9 Å². The number of aromatic nitrogens is 2. The van der Waals surface area contributed by atoms with Gasteiger partial charge < -0.3 is 15.7 Å². The normalized spacial score (nSPS) is 17.7.